The first kappa shape index (κ1) is 22.0. The van der Waals surface area contributed by atoms with E-state index < -0.39 is 17.7 Å². The number of aliphatic hydroxyl groups excluding tert-OH is 1. The third-order valence-corrected chi connectivity index (χ3v) is 5.90. The molecule has 1 atom stereocenters. The first-order valence-corrected chi connectivity index (χ1v) is 10.7. The molecule has 2 aliphatic rings. The molecule has 0 saturated carbocycles. The molecule has 0 radical (unpaired) electrons. The Kier molecular flexibility index (Phi) is 6.82. The van der Waals surface area contributed by atoms with Gasteiger partial charge in [0.25, 0.3) is 11.7 Å². The van der Waals surface area contributed by atoms with Crippen molar-refractivity contribution in [3.05, 3.63) is 65.5 Å². The molecule has 1 amide bonds. The quantitative estimate of drug-likeness (QED) is 0.403. The van der Waals surface area contributed by atoms with E-state index >= 15 is 0 Å². The Morgan fingerprint density at radius 3 is 2.56 bits per heavy atom. The van der Waals surface area contributed by atoms with Gasteiger partial charge in [-0.05, 0) is 24.6 Å². The van der Waals surface area contributed by atoms with Gasteiger partial charge >= 0.3 is 0 Å². The Morgan fingerprint density at radius 1 is 1.12 bits per heavy atom. The number of methoxy groups -OCH3 is 1. The van der Waals surface area contributed by atoms with Gasteiger partial charge in [0.15, 0.2) is 0 Å². The highest BCUT2D eigenvalue weighted by molar-refractivity contribution is 6.46. The summed E-state index contributed by atoms with van der Waals surface area (Å²) < 4.78 is 10.9. The lowest BCUT2D eigenvalue weighted by Crippen LogP contribution is -2.39. The molecular weight excluding hydrogens is 410 g/mol. The Balaban J connectivity index is 1.69. The summed E-state index contributed by atoms with van der Waals surface area (Å²) in [7, 11) is 1.55. The maximum atomic E-state index is 13.1. The molecule has 3 heterocycles. The summed E-state index contributed by atoms with van der Waals surface area (Å²) in [6, 6.07) is 9.76. The van der Waals surface area contributed by atoms with Crippen LogP contribution in [0.3, 0.4) is 0 Å². The fourth-order valence-electron chi connectivity index (χ4n) is 4.28. The number of pyridine rings is 1. The average molecular weight is 437 g/mol. The number of morpholine rings is 1. The number of ether oxygens (including phenoxy) is 2. The van der Waals surface area contributed by atoms with E-state index in [1.54, 1.807) is 30.2 Å². The monoisotopic (exact) mass is 437 g/mol. The van der Waals surface area contributed by atoms with Gasteiger partial charge in [-0.3, -0.25) is 19.5 Å². The highest BCUT2D eigenvalue weighted by Crippen LogP contribution is 2.42. The molecule has 1 aromatic carbocycles. The third-order valence-electron chi connectivity index (χ3n) is 5.90. The van der Waals surface area contributed by atoms with Crippen LogP contribution in [0, 0.1) is 0 Å². The molecule has 2 aliphatic heterocycles. The third kappa shape index (κ3) is 4.37. The Bertz CT molecular complexity index is 1000. The van der Waals surface area contributed by atoms with E-state index in [1.165, 1.54) is 12.4 Å². The standard InChI is InChI=1S/C24H27N3O5/c1-31-19-6-3-2-5-18(19)21-20(22(28)17-7-9-25-10-8-17)23(29)24(30)27(21)12-4-11-26-13-15-32-16-14-26/h2-3,5-10,21,28H,4,11-16H2,1H3/b22-20+/t21-/m0/s1. The minimum atomic E-state index is -0.732. The summed E-state index contributed by atoms with van der Waals surface area (Å²) >= 11 is 0. The predicted molar refractivity (Wildman–Crippen MR) is 118 cm³/mol. The van der Waals surface area contributed by atoms with E-state index in [9.17, 15) is 14.7 Å². The smallest absolute Gasteiger partial charge is 0.295 e. The lowest BCUT2D eigenvalue weighted by Gasteiger charge is -2.29. The van der Waals surface area contributed by atoms with Gasteiger partial charge in [0.1, 0.15) is 11.5 Å². The number of aromatic nitrogens is 1. The molecule has 2 fully saturated rings. The SMILES string of the molecule is COc1ccccc1[C@H]1/C(=C(\O)c2ccncc2)C(=O)C(=O)N1CCCN1CCOCC1. The van der Waals surface area contributed by atoms with Gasteiger partial charge in [0.2, 0.25) is 0 Å². The summed E-state index contributed by atoms with van der Waals surface area (Å²) in [6.45, 7) is 4.32. The molecule has 0 bridgehead atoms. The number of carbonyl (C=O) groups excluding carboxylic acids is 2. The van der Waals surface area contributed by atoms with Crippen LogP contribution in [0.2, 0.25) is 0 Å². The summed E-state index contributed by atoms with van der Waals surface area (Å²) in [5, 5.41) is 11.0. The van der Waals surface area contributed by atoms with Crippen molar-refractivity contribution in [1.29, 1.82) is 0 Å². The minimum Gasteiger partial charge on any atom is -0.507 e. The first-order chi connectivity index (χ1) is 15.6. The number of amides is 1. The van der Waals surface area contributed by atoms with Crippen molar-refractivity contribution in [2.24, 2.45) is 0 Å². The molecule has 2 saturated heterocycles. The van der Waals surface area contributed by atoms with Crippen molar-refractivity contribution < 1.29 is 24.2 Å². The van der Waals surface area contributed by atoms with Crippen LogP contribution in [-0.4, -0.2) is 78.1 Å². The second-order valence-corrected chi connectivity index (χ2v) is 7.78. The molecule has 2 aromatic rings. The fourth-order valence-corrected chi connectivity index (χ4v) is 4.28. The van der Waals surface area contributed by atoms with Crippen molar-refractivity contribution in [3.63, 3.8) is 0 Å². The van der Waals surface area contributed by atoms with Gasteiger partial charge in [-0.1, -0.05) is 18.2 Å². The summed E-state index contributed by atoms with van der Waals surface area (Å²) in [6.07, 6.45) is 3.77. The Labute approximate surface area is 187 Å². The van der Waals surface area contributed by atoms with E-state index in [0.717, 1.165) is 19.6 Å². The topological polar surface area (TPSA) is 92.2 Å². The number of carbonyl (C=O) groups is 2. The lowest BCUT2D eigenvalue weighted by molar-refractivity contribution is -0.140. The maximum absolute atomic E-state index is 13.1. The lowest BCUT2D eigenvalue weighted by atomic mass is 9.95. The number of ketones is 1. The van der Waals surface area contributed by atoms with Crippen molar-refractivity contribution in [1.82, 2.24) is 14.8 Å². The molecule has 1 N–H and O–H groups in total. The molecule has 4 rings (SSSR count). The fraction of sp³-hybridized carbons (Fsp3) is 0.375. The Morgan fingerprint density at radius 2 is 1.84 bits per heavy atom. The molecule has 1 aromatic heterocycles. The number of para-hydroxylation sites is 1. The van der Waals surface area contributed by atoms with Gasteiger partial charge in [-0.2, -0.15) is 0 Å². The number of hydrogen-bond acceptors (Lipinski definition) is 7. The molecule has 168 valence electrons. The highest BCUT2D eigenvalue weighted by atomic mass is 16.5. The molecule has 8 heteroatoms. The van der Waals surface area contributed by atoms with Gasteiger partial charge < -0.3 is 19.5 Å². The van der Waals surface area contributed by atoms with Crippen molar-refractivity contribution in [2.45, 2.75) is 12.5 Å². The number of likely N-dealkylation sites (tertiary alicyclic amines) is 1. The second-order valence-electron chi connectivity index (χ2n) is 7.78. The molecule has 0 spiro atoms. The summed E-state index contributed by atoms with van der Waals surface area (Å²) in [5.41, 5.74) is 1.17. The summed E-state index contributed by atoms with van der Waals surface area (Å²) in [5.74, 6) is -0.962. The van der Waals surface area contributed by atoms with Crippen LogP contribution >= 0.6 is 0 Å². The van der Waals surface area contributed by atoms with Crippen LogP contribution in [0.4, 0.5) is 0 Å². The number of benzene rings is 1. The molecule has 8 nitrogen and oxygen atoms in total. The second kappa shape index (κ2) is 9.93. The van der Waals surface area contributed by atoms with Crippen LogP contribution in [-0.2, 0) is 14.3 Å². The number of hydrogen-bond donors (Lipinski definition) is 1. The van der Waals surface area contributed by atoms with Crippen LogP contribution in [0.5, 0.6) is 5.75 Å². The summed E-state index contributed by atoms with van der Waals surface area (Å²) in [4.78, 5) is 33.9. The van der Waals surface area contributed by atoms with E-state index in [-0.39, 0.29) is 11.3 Å². The maximum Gasteiger partial charge on any atom is 0.295 e. The van der Waals surface area contributed by atoms with E-state index in [2.05, 4.69) is 9.88 Å². The first-order valence-electron chi connectivity index (χ1n) is 10.7. The van der Waals surface area contributed by atoms with Crippen LogP contribution in [0.25, 0.3) is 5.76 Å². The number of aliphatic hydroxyl groups is 1. The largest absolute Gasteiger partial charge is 0.507 e. The van der Waals surface area contributed by atoms with Gasteiger partial charge in [-0.25, -0.2) is 0 Å². The molecule has 0 aliphatic carbocycles. The zero-order valence-corrected chi connectivity index (χ0v) is 18.1. The van der Waals surface area contributed by atoms with Gasteiger partial charge in [0, 0.05) is 49.7 Å². The molecular formula is C24H27N3O5. The predicted octanol–water partition coefficient (Wildman–Crippen LogP) is 2.23. The molecule has 32 heavy (non-hydrogen) atoms. The highest BCUT2D eigenvalue weighted by Gasteiger charge is 2.46. The van der Waals surface area contributed by atoms with E-state index in [0.29, 0.717) is 43.1 Å². The minimum absolute atomic E-state index is 0.0667. The molecule has 0 unspecified atom stereocenters. The van der Waals surface area contributed by atoms with E-state index in [1.807, 2.05) is 18.2 Å². The Hall–Kier alpha value is -3.23. The normalized spacial score (nSPS) is 21.2. The van der Waals surface area contributed by atoms with Crippen molar-refractivity contribution in [3.8, 4) is 5.75 Å². The van der Waals surface area contributed by atoms with E-state index in [4.69, 9.17) is 9.47 Å². The van der Waals surface area contributed by atoms with Crippen LogP contribution in [0.15, 0.2) is 54.4 Å². The van der Waals surface area contributed by atoms with Gasteiger partial charge in [0.05, 0.1) is 31.9 Å². The number of rotatable bonds is 7. The zero-order valence-electron chi connectivity index (χ0n) is 18.1. The number of Topliss-reactive ketones (excluding diaryl/α,β-unsaturated/α-hetero) is 1. The van der Waals surface area contributed by atoms with Crippen molar-refractivity contribution >= 4 is 17.4 Å². The van der Waals surface area contributed by atoms with Crippen molar-refractivity contribution in [2.75, 3.05) is 46.5 Å². The zero-order chi connectivity index (χ0) is 22.5. The van der Waals surface area contributed by atoms with Crippen LogP contribution < -0.4 is 4.74 Å². The average Bonchev–Trinajstić information content (AvgIpc) is 3.09. The van der Waals surface area contributed by atoms with Gasteiger partial charge in [-0.15, -0.1) is 0 Å². The number of nitrogens with zero attached hydrogens (tertiary/aromatic N) is 3. The van der Waals surface area contributed by atoms with Crippen LogP contribution in [0.1, 0.15) is 23.6 Å².